The van der Waals surface area contributed by atoms with Crippen LogP contribution in [0.3, 0.4) is 0 Å². The normalized spacial score (nSPS) is 20.2. The van der Waals surface area contributed by atoms with Crippen molar-refractivity contribution >= 4 is 22.5 Å². The number of carbonyl (C=O) groups is 1. The van der Waals surface area contributed by atoms with Gasteiger partial charge in [0.05, 0.1) is 22.8 Å². The molecule has 0 radical (unpaired) electrons. The molecule has 2 aromatic carbocycles. The number of hydrogen-bond acceptors (Lipinski definition) is 4. The van der Waals surface area contributed by atoms with Crippen LogP contribution in [-0.4, -0.2) is 38.4 Å². The van der Waals surface area contributed by atoms with Gasteiger partial charge >= 0.3 is 0 Å². The Morgan fingerprint density at radius 3 is 2.75 bits per heavy atom. The molecule has 3 aliphatic heterocycles. The van der Waals surface area contributed by atoms with Gasteiger partial charge in [0, 0.05) is 31.2 Å². The van der Waals surface area contributed by atoms with Gasteiger partial charge in [0.2, 0.25) is 0 Å². The molecule has 7 nitrogen and oxygen atoms in total. The Kier molecular flexibility index (Phi) is 3.57. The van der Waals surface area contributed by atoms with Crippen LogP contribution in [0, 0.1) is 6.92 Å². The van der Waals surface area contributed by atoms with Gasteiger partial charge in [-0.05, 0) is 48.6 Å². The lowest BCUT2D eigenvalue weighted by atomic mass is 9.96. The maximum absolute atomic E-state index is 13.3. The molecule has 1 N–H and O–H groups in total. The van der Waals surface area contributed by atoms with Crippen molar-refractivity contribution in [2.45, 2.75) is 38.3 Å². The highest BCUT2D eigenvalue weighted by molar-refractivity contribution is 6.03. The lowest BCUT2D eigenvalue weighted by Gasteiger charge is -2.21. The number of nitrogens with zero attached hydrogens (tertiary/aromatic N) is 3. The molecule has 3 aliphatic rings. The first-order valence-corrected chi connectivity index (χ1v) is 11.2. The van der Waals surface area contributed by atoms with E-state index < -0.39 is 0 Å². The van der Waals surface area contributed by atoms with Crippen LogP contribution in [0.15, 0.2) is 41.2 Å². The van der Waals surface area contributed by atoms with E-state index in [1.807, 2.05) is 34.4 Å². The minimum Gasteiger partial charge on any atom is -0.381 e. The Labute approximate surface area is 183 Å². The molecule has 0 bridgehead atoms. The van der Waals surface area contributed by atoms with E-state index in [4.69, 9.17) is 9.72 Å². The van der Waals surface area contributed by atoms with E-state index in [0.29, 0.717) is 36.4 Å². The van der Waals surface area contributed by atoms with Crippen molar-refractivity contribution in [1.82, 2.24) is 19.3 Å². The smallest absolute Gasteiger partial charge is 0.274 e. The van der Waals surface area contributed by atoms with Crippen molar-refractivity contribution in [3.8, 4) is 0 Å². The van der Waals surface area contributed by atoms with Crippen molar-refractivity contribution in [3.05, 3.63) is 80.5 Å². The number of imidazole rings is 1. The van der Waals surface area contributed by atoms with Crippen molar-refractivity contribution < 1.29 is 9.53 Å². The summed E-state index contributed by atoms with van der Waals surface area (Å²) in [6, 6.07) is 12.2. The van der Waals surface area contributed by atoms with Crippen LogP contribution in [0.25, 0.3) is 16.6 Å². The second-order valence-electron chi connectivity index (χ2n) is 9.07. The first-order chi connectivity index (χ1) is 15.6. The highest BCUT2D eigenvalue weighted by Crippen LogP contribution is 2.46. The second-order valence-corrected chi connectivity index (χ2v) is 9.07. The van der Waals surface area contributed by atoms with E-state index in [-0.39, 0.29) is 23.4 Å². The second kappa shape index (κ2) is 6.29. The van der Waals surface area contributed by atoms with Crippen LogP contribution in [0.5, 0.6) is 0 Å². The topological polar surface area (TPSA) is 79.7 Å². The van der Waals surface area contributed by atoms with Gasteiger partial charge in [-0.2, -0.15) is 0 Å². The fraction of sp³-hybridized carbons (Fsp3) is 0.320. The third-order valence-corrected chi connectivity index (χ3v) is 7.32. The first kappa shape index (κ1) is 18.2. The average molecular weight is 426 g/mol. The van der Waals surface area contributed by atoms with Gasteiger partial charge in [-0.3, -0.25) is 14.0 Å². The molecule has 0 spiro atoms. The number of hydrogen-bond donors (Lipinski definition) is 1. The summed E-state index contributed by atoms with van der Waals surface area (Å²) in [6.07, 6.45) is 1.78. The number of aromatic nitrogens is 3. The number of carbonyl (C=O) groups excluding carboxylic acids is 1. The van der Waals surface area contributed by atoms with E-state index >= 15 is 0 Å². The van der Waals surface area contributed by atoms with E-state index in [1.54, 1.807) is 0 Å². The van der Waals surface area contributed by atoms with Crippen molar-refractivity contribution in [1.29, 1.82) is 0 Å². The fourth-order valence-electron chi connectivity index (χ4n) is 5.84. The molecule has 32 heavy (non-hydrogen) atoms. The Morgan fingerprint density at radius 1 is 1.09 bits per heavy atom. The zero-order valence-corrected chi connectivity index (χ0v) is 17.7. The van der Waals surface area contributed by atoms with Crippen LogP contribution in [0.2, 0.25) is 0 Å². The summed E-state index contributed by atoms with van der Waals surface area (Å²) in [5, 5.41) is 0. The predicted octanol–water partition coefficient (Wildman–Crippen LogP) is 3.44. The average Bonchev–Trinajstić information content (AvgIpc) is 3.44. The van der Waals surface area contributed by atoms with Crippen LogP contribution in [0.4, 0.5) is 0 Å². The number of H-pyrrole nitrogens is 1. The molecule has 4 aromatic rings. The molecule has 0 saturated carbocycles. The van der Waals surface area contributed by atoms with Crippen LogP contribution in [-0.2, 0) is 11.3 Å². The first-order valence-electron chi connectivity index (χ1n) is 11.2. The van der Waals surface area contributed by atoms with Gasteiger partial charge in [0.25, 0.3) is 11.5 Å². The van der Waals surface area contributed by atoms with Crippen LogP contribution >= 0.6 is 0 Å². The molecule has 7 heteroatoms. The quantitative estimate of drug-likeness (QED) is 0.506. The molecule has 1 amide bonds. The summed E-state index contributed by atoms with van der Waals surface area (Å²) in [7, 11) is 0. The SMILES string of the molecule is Cc1nc(C2CCOCC2)n2c1c(=O)[nH]c1cc3c(cc12)C1c2ccccc2CN1C3=O. The Bertz CT molecular complexity index is 1510. The van der Waals surface area contributed by atoms with E-state index in [1.165, 1.54) is 11.1 Å². The molecular weight excluding hydrogens is 404 g/mol. The maximum atomic E-state index is 13.3. The number of fused-ring (bicyclic) bond motifs is 8. The minimum atomic E-state index is -0.169. The molecule has 1 saturated heterocycles. The zero-order chi connectivity index (χ0) is 21.6. The van der Waals surface area contributed by atoms with E-state index in [9.17, 15) is 9.59 Å². The molecule has 7 rings (SSSR count). The van der Waals surface area contributed by atoms with Crippen molar-refractivity contribution in [2.24, 2.45) is 0 Å². The van der Waals surface area contributed by atoms with Gasteiger partial charge in [-0.25, -0.2) is 4.98 Å². The summed E-state index contributed by atoms with van der Waals surface area (Å²) in [5.74, 6) is 1.19. The highest BCUT2D eigenvalue weighted by atomic mass is 16.5. The molecule has 0 aliphatic carbocycles. The Balaban J connectivity index is 1.53. The predicted molar refractivity (Wildman–Crippen MR) is 119 cm³/mol. The molecule has 1 unspecified atom stereocenters. The minimum absolute atomic E-state index is 0.0236. The zero-order valence-electron chi connectivity index (χ0n) is 17.7. The van der Waals surface area contributed by atoms with Gasteiger partial charge < -0.3 is 14.6 Å². The summed E-state index contributed by atoms with van der Waals surface area (Å²) in [4.78, 5) is 36.1. The standard InChI is InChI=1S/C25H22N4O3/c1-13-21-24(30)27-19-10-18-17(22-16-5-3-2-4-15(16)12-28(22)25(18)31)11-20(19)29(21)23(26-13)14-6-8-32-9-7-14/h2-5,10-11,14,22H,6-9,12H2,1H3,(H,27,30). The number of aromatic amines is 1. The number of benzene rings is 2. The van der Waals surface area contributed by atoms with Crippen molar-refractivity contribution in [3.63, 3.8) is 0 Å². The number of aryl methyl sites for hydroxylation is 1. The fourth-order valence-corrected chi connectivity index (χ4v) is 5.84. The number of rotatable bonds is 1. The molecule has 5 heterocycles. The largest absolute Gasteiger partial charge is 0.381 e. The molecule has 160 valence electrons. The third kappa shape index (κ3) is 2.26. The van der Waals surface area contributed by atoms with Crippen LogP contribution < -0.4 is 5.56 Å². The molecule has 2 aromatic heterocycles. The summed E-state index contributed by atoms with van der Waals surface area (Å²) in [5.41, 5.74) is 6.80. The lowest BCUT2D eigenvalue weighted by molar-refractivity contribution is 0.0759. The van der Waals surface area contributed by atoms with Crippen LogP contribution in [0.1, 0.15) is 63.4 Å². The van der Waals surface area contributed by atoms with Gasteiger partial charge in [0.1, 0.15) is 11.3 Å². The number of ether oxygens (including phenoxy) is 1. The summed E-state index contributed by atoms with van der Waals surface area (Å²) >= 11 is 0. The van der Waals surface area contributed by atoms with E-state index in [2.05, 4.69) is 23.2 Å². The number of amides is 1. The monoisotopic (exact) mass is 426 g/mol. The Hall–Kier alpha value is -3.45. The molecule has 1 atom stereocenters. The summed E-state index contributed by atoms with van der Waals surface area (Å²) < 4.78 is 7.59. The third-order valence-electron chi connectivity index (χ3n) is 7.32. The molecular formula is C25H22N4O3. The molecule has 1 fully saturated rings. The summed E-state index contributed by atoms with van der Waals surface area (Å²) in [6.45, 7) is 3.92. The highest BCUT2D eigenvalue weighted by Gasteiger charge is 2.43. The van der Waals surface area contributed by atoms with Gasteiger partial charge in [-0.15, -0.1) is 0 Å². The van der Waals surface area contributed by atoms with E-state index in [0.717, 1.165) is 35.4 Å². The maximum Gasteiger partial charge on any atom is 0.274 e. The number of nitrogens with one attached hydrogen (secondary N) is 1. The Morgan fingerprint density at radius 2 is 1.91 bits per heavy atom. The van der Waals surface area contributed by atoms with Gasteiger partial charge in [-0.1, -0.05) is 24.3 Å². The van der Waals surface area contributed by atoms with Crippen molar-refractivity contribution in [2.75, 3.05) is 13.2 Å². The lowest BCUT2D eigenvalue weighted by Crippen LogP contribution is -2.21. The van der Waals surface area contributed by atoms with Gasteiger partial charge in [0.15, 0.2) is 0 Å².